The van der Waals surface area contributed by atoms with Gasteiger partial charge in [0, 0.05) is 29.6 Å². The topological polar surface area (TPSA) is 80.4 Å². The van der Waals surface area contributed by atoms with E-state index < -0.39 is 15.4 Å². The molecule has 2 heterocycles. The number of hydrogen-bond donors (Lipinski definition) is 1. The molecule has 30 heavy (non-hydrogen) atoms. The van der Waals surface area contributed by atoms with Gasteiger partial charge in [-0.2, -0.15) is 0 Å². The van der Waals surface area contributed by atoms with Gasteiger partial charge < -0.3 is 9.52 Å². The lowest BCUT2D eigenvalue weighted by molar-refractivity contribution is -0.0387. The molecule has 0 amide bonds. The molecule has 5 nitrogen and oxygen atoms in total. The predicted molar refractivity (Wildman–Crippen MR) is 116 cm³/mol. The van der Waals surface area contributed by atoms with E-state index in [0.29, 0.717) is 11.3 Å². The molecule has 152 valence electrons. The number of aromatic nitrogens is 1. The summed E-state index contributed by atoms with van der Waals surface area (Å²) in [6, 6.07) is 18.4. The molecule has 2 aromatic heterocycles. The van der Waals surface area contributed by atoms with Gasteiger partial charge in [0.25, 0.3) is 0 Å². The first-order chi connectivity index (χ1) is 14.3. The Balaban J connectivity index is 1.57. The first-order valence-electron chi connectivity index (χ1n) is 9.86. The Labute approximate surface area is 174 Å². The Morgan fingerprint density at radius 2 is 1.77 bits per heavy atom. The van der Waals surface area contributed by atoms with Crippen molar-refractivity contribution in [3.63, 3.8) is 0 Å². The summed E-state index contributed by atoms with van der Waals surface area (Å²) < 4.78 is 29.5. The lowest BCUT2D eigenvalue weighted by Crippen LogP contribution is -2.33. The number of hydrogen-bond acceptors (Lipinski definition) is 5. The summed E-state index contributed by atoms with van der Waals surface area (Å²) in [5, 5.41) is 10.7. The van der Waals surface area contributed by atoms with E-state index in [0.717, 1.165) is 47.0 Å². The van der Waals surface area contributed by atoms with Crippen LogP contribution in [0.2, 0.25) is 0 Å². The SMILES string of the molecule is CS(=O)(=O)c1ccc(-c2cc3nccc(-c4cccc(C5(O)CCC5)c4)c3o2)cc1. The summed E-state index contributed by atoms with van der Waals surface area (Å²) in [7, 11) is -3.25. The highest BCUT2D eigenvalue weighted by Gasteiger charge is 2.36. The van der Waals surface area contributed by atoms with Crippen molar-refractivity contribution in [3.05, 3.63) is 72.4 Å². The molecule has 0 spiro atoms. The van der Waals surface area contributed by atoms with Gasteiger partial charge in [0.2, 0.25) is 0 Å². The molecule has 0 atom stereocenters. The van der Waals surface area contributed by atoms with Crippen LogP contribution in [0.3, 0.4) is 0 Å². The number of benzene rings is 2. The number of pyridine rings is 1. The highest BCUT2D eigenvalue weighted by Crippen LogP contribution is 2.42. The summed E-state index contributed by atoms with van der Waals surface area (Å²) in [5.41, 5.74) is 4.25. The number of sulfone groups is 1. The van der Waals surface area contributed by atoms with Crippen molar-refractivity contribution in [3.8, 4) is 22.5 Å². The molecular weight excluding hydrogens is 398 g/mol. The van der Waals surface area contributed by atoms with Gasteiger partial charge in [-0.3, -0.25) is 4.98 Å². The lowest BCUT2D eigenvalue weighted by Gasteiger charge is -2.37. The van der Waals surface area contributed by atoms with Gasteiger partial charge >= 0.3 is 0 Å². The van der Waals surface area contributed by atoms with Gasteiger partial charge in [-0.1, -0.05) is 18.2 Å². The van der Waals surface area contributed by atoms with Crippen molar-refractivity contribution in [2.75, 3.05) is 6.26 Å². The third-order valence-corrected chi connectivity index (χ3v) is 7.00. The van der Waals surface area contributed by atoms with E-state index in [9.17, 15) is 13.5 Å². The Bertz CT molecular complexity index is 1350. The van der Waals surface area contributed by atoms with E-state index in [1.54, 1.807) is 30.5 Å². The number of fused-ring (bicyclic) bond motifs is 1. The maximum atomic E-state index is 11.7. The fourth-order valence-electron chi connectivity index (χ4n) is 3.95. The maximum Gasteiger partial charge on any atom is 0.175 e. The van der Waals surface area contributed by atoms with Gasteiger partial charge in [-0.15, -0.1) is 0 Å². The van der Waals surface area contributed by atoms with Crippen LogP contribution in [0.15, 0.2) is 76.2 Å². The molecule has 4 aromatic rings. The molecule has 1 fully saturated rings. The zero-order valence-electron chi connectivity index (χ0n) is 16.5. The van der Waals surface area contributed by atoms with Crippen LogP contribution in [0.5, 0.6) is 0 Å². The van der Waals surface area contributed by atoms with E-state index in [4.69, 9.17) is 4.42 Å². The highest BCUT2D eigenvalue weighted by molar-refractivity contribution is 7.90. The monoisotopic (exact) mass is 419 g/mol. The second-order valence-electron chi connectivity index (χ2n) is 7.95. The first-order valence-corrected chi connectivity index (χ1v) is 11.7. The molecular formula is C24H21NO4S. The molecule has 0 unspecified atom stereocenters. The molecule has 6 heteroatoms. The summed E-state index contributed by atoms with van der Waals surface area (Å²) >= 11 is 0. The van der Waals surface area contributed by atoms with Crippen molar-refractivity contribution < 1.29 is 17.9 Å². The summed E-state index contributed by atoms with van der Waals surface area (Å²) in [6.45, 7) is 0. The Hall–Kier alpha value is -2.96. The Kier molecular flexibility index (Phi) is 4.31. The molecule has 0 radical (unpaired) electrons. The van der Waals surface area contributed by atoms with Gasteiger partial charge in [0.15, 0.2) is 15.4 Å². The van der Waals surface area contributed by atoms with Crippen LogP contribution in [-0.2, 0) is 15.4 Å². The van der Waals surface area contributed by atoms with Crippen LogP contribution < -0.4 is 0 Å². The fraction of sp³-hybridized carbons (Fsp3) is 0.208. The number of rotatable bonds is 4. The van der Waals surface area contributed by atoms with E-state index in [1.807, 2.05) is 36.4 Å². The largest absolute Gasteiger partial charge is 0.454 e. The number of nitrogens with zero attached hydrogens (tertiary/aromatic N) is 1. The minimum absolute atomic E-state index is 0.270. The predicted octanol–water partition coefficient (Wildman–Crippen LogP) is 4.94. The number of aliphatic hydroxyl groups is 1. The third kappa shape index (κ3) is 3.22. The summed E-state index contributed by atoms with van der Waals surface area (Å²) in [6.07, 6.45) is 5.55. The second-order valence-corrected chi connectivity index (χ2v) is 9.96. The Morgan fingerprint density at radius 1 is 1.00 bits per heavy atom. The molecule has 1 N–H and O–H groups in total. The van der Waals surface area contributed by atoms with Crippen LogP contribution in [0.4, 0.5) is 0 Å². The fourth-order valence-corrected chi connectivity index (χ4v) is 4.58. The van der Waals surface area contributed by atoms with Crippen molar-refractivity contribution in [2.45, 2.75) is 29.8 Å². The Morgan fingerprint density at radius 3 is 2.43 bits per heavy atom. The normalized spacial score (nSPS) is 15.8. The average molecular weight is 420 g/mol. The van der Waals surface area contributed by atoms with Crippen LogP contribution in [0.25, 0.3) is 33.6 Å². The van der Waals surface area contributed by atoms with Gasteiger partial charge in [0.05, 0.1) is 10.5 Å². The van der Waals surface area contributed by atoms with Gasteiger partial charge in [0.1, 0.15) is 11.3 Å². The van der Waals surface area contributed by atoms with Crippen molar-refractivity contribution in [2.24, 2.45) is 0 Å². The molecule has 1 aliphatic carbocycles. The van der Waals surface area contributed by atoms with Crippen molar-refractivity contribution in [1.29, 1.82) is 0 Å². The smallest absolute Gasteiger partial charge is 0.175 e. The van der Waals surface area contributed by atoms with Crippen LogP contribution in [0, 0.1) is 0 Å². The van der Waals surface area contributed by atoms with E-state index in [2.05, 4.69) is 4.98 Å². The molecule has 0 saturated heterocycles. The summed E-state index contributed by atoms with van der Waals surface area (Å²) in [4.78, 5) is 4.70. The zero-order chi connectivity index (χ0) is 20.9. The average Bonchev–Trinajstić information content (AvgIpc) is 3.16. The van der Waals surface area contributed by atoms with Crippen LogP contribution in [0.1, 0.15) is 24.8 Å². The van der Waals surface area contributed by atoms with Crippen LogP contribution >= 0.6 is 0 Å². The zero-order valence-corrected chi connectivity index (χ0v) is 17.3. The summed E-state index contributed by atoms with van der Waals surface area (Å²) in [5.74, 6) is 0.624. The first kappa shape index (κ1) is 19.0. The van der Waals surface area contributed by atoms with Gasteiger partial charge in [-0.05, 0) is 66.8 Å². The number of furan rings is 1. The minimum atomic E-state index is -3.25. The maximum absolute atomic E-state index is 11.7. The van der Waals surface area contributed by atoms with E-state index >= 15 is 0 Å². The van der Waals surface area contributed by atoms with Crippen molar-refractivity contribution in [1.82, 2.24) is 4.98 Å². The van der Waals surface area contributed by atoms with E-state index in [-0.39, 0.29) is 4.90 Å². The quantitative estimate of drug-likeness (QED) is 0.507. The molecule has 1 saturated carbocycles. The molecule has 1 aliphatic rings. The third-order valence-electron chi connectivity index (χ3n) is 5.87. The second kappa shape index (κ2) is 6.79. The molecule has 5 rings (SSSR count). The van der Waals surface area contributed by atoms with Gasteiger partial charge in [-0.25, -0.2) is 8.42 Å². The van der Waals surface area contributed by atoms with Crippen molar-refractivity contribution >= 4 is 20.9 Å². The molecule has 2 aromatic carbocycles. The standard InChI is InChI=1S/C24H21NO4S/c1-30(27,28)19-8-6-16(7-9-19)22-15-21-23(29-22)20(10-13-25-21)17-4-2-5-18(14-17)24(26)11-3-12-24/h2,4-10,13-15,26H,3,11-12H2,1H3. The molecule has 0 bridgehead atoms. The highest BCUT2D eigenvalue weighted by atomic mass is 32.2. The van der Waals surface area contributed by atoms with E-state index in [1.165, 1.54) is 6.26 Å². The molecule has 0 aliphatic heterocycles. The lowest BCUT2D eigenvalue weighted by atomic mass is 9.74. The van der Waals surface area contributed by atoms with Crippen LogP contribution in [-0.4, -0.2) is 24.8 Å². The minimum Gasteiger partial charge on any atom is -0.454 e.